The second-order valence-corrected chi connectivity index (χ2v) is 8.17. The maximum Gasteiger partial charge on any atom is 0.332 e. The molecule has 10 heteroatoms. The van der Waals surface area contributed by atoms with Gasteiger partial charge in [-0.25, -0.2) is 4.79 Å². The molecule has 2 aromatic rings. The van der Waals surface area contributed by atoms with Gasteiger partial charge in [-0.3, -0.25) is 9.59 Å². The zero-order valence-electron chi connectivity index (χ0n) is 18.5. The molecule has 0 aliphatic carbocycles. The number of benzene rings is 2. The smallest absolute Gasteiger partial charge is 0.332 e. The third kappa shape index (κ3) is 6.17. The summed E-state index contributed by atoms with van der Waals surface area (Å²) in [7, 11) is 0. The summed E-state index contributed by atoms with van der Waals surface area (Å²) in [5.74, 6) is -2.36. The topological polar surface area (TPSA) is 165 Å². The molecule has 2 aromatic carbocycles. The highest BCUT2D eigenvalue weighted by Gasteiger charge is 2.46. The molecule has 1 fully saturated rings. The van der Waals surface area contributed by atoms with Crippen molar-refractivity contribution in [2.75, 3.05) is 6.54 Å². The number of amides is 2. The van der Waals surface area contributed by atoms with Crippen LogP contribution in [-0.2, 0) is 14.3 Å². The average molecular weight is 472 g/mol. The Kier molecular flexibility index (Phi) is 8.35. The summed E-state index contributed by atoms with van der Waals surface area (Å²) < 4.78 is 5.36. The molecule has 34 heavy (non-hydrogen) atoms. The van der Waals surface area contributed by atoms with Crippen molar-refractivity contribution in [1.82, 2.24) is 10.6 Å². The van der Waals surface area contributed by atoms with Crippen LogP contribution in [0.25, 0.3) is 11.1 Å². The fourth-order valence-corrected chi connectivity index (χ4v) is 3.86. The third-order valence-electron chi connectivity index (χ3n) is 5.65. The Morgan fingerprint density at radius 3 is 2.24 bits per heavy atom. The normalized spacial score (nSPS) is 24.0. The number of aliphatic carboxylic acids is 1. The number of hydrogen-bond donors (Lipinski definition) is 6. The summed E-state index contributed by atoms with van der Waals surface area (Å²) in [5.41, 5.74) is 2.27. The molecule has 2 unspecified atom stereocenters. The molecule has 6 atom stereocenters. The van der Waals surface area contributed by atoms with Gasteiger partial charge in [0.25, 0.3) is 5.91 Å². The summed E-state index contributed by atoms with van der Waals surface area (Å²) in [6.45, 7) is 0.820. The number of carboxylic acid groups (broad SMARTS) is 1. The summed E-state index contributed by atoms with van der Waals surface area (Å²) in [4.78, 5) is 35.3. The summed E-state index contributed by atoms with van der Waals surface area (Å²) in [5, 5.41) is 45.5. The minimum absolute atomic E-state index is 0.296. The summed E-state index contributed by atoms with van der Waals surface area (Å²) in [6, 6.07) is 15.3. The molecular weight excluding hydrogens is 444 g/mol. The predicted molar refractivity (Wildman–Crippen MR) is 121 cm³/mol. The number of aliphatic hydroxyl groups is 3. The molecule has 182 valence electrons. The molecule has 1 saturated heterocycles. The molecule has 0 saturated carbocycles. The Bertz CT molecular complexity index is 998. The molecule has 0 spiro atoms. The highest BCUT2D eigenvalue weighted by molar-refractivity contribution is 5.94. The quantitative estimate of drug-likeness (QED) is 0.310. The van der Waals surface area contributed by atoms with E-state index in [0.29, 0.717) is 5.56 Å². The Balaban J connectivity index is 1.63. The lowest BCUT2D eigenvalue weighted by Gasteiger charge is -2.41. The fraction of sp³-hybridized carbons (Fsp3) is 0.375. The zero-order valence-corrected chi connectivity index (χ0v) is 18.5. The SMILES string of the molecule is CC(=O)N[C@@H]1[C@@H](O)CC(C(=O)O)O[C@H]1C(O)[C@H](O)CNC(=O)c1ccc(-c2ccccc2)cc1. The maximum atomic E-state index is 12.5. The van der Waals surface area contributed by atoms with E-state index in [4.69, 9.17) is 4.74 Å². The van der Waals surface area contributed by atoms with Crippen molar-refractivity contribution in [2.45, 2.75) is 49.9 Å². The van der Waals surface area contributed by atoms with Crippen molar-refractivity contribution in [1.29, 1.82) is 0 Å². The number of carboxylic acids is 1. The van der Waals surface area contributed by atoms with Gasteiger partial charge in [-0.05, 0) is 23.3 Å². The van der Waals surface area contributed by atoms with Gasteiger partial charge >= 0.3 is 5.97 Å². The van der Waals surface area contributed by atoms with Gasteiger partial charge in [-0.1, -0.05) is 42.5 Å². The van der Waals surface area contributed by atoms with Crippen LogP contribution in [-0.4, -0.2) is 81.3 Å². The minimum atomic E-state index is -1.70. The summed E-state index contributed by atoms with van der Waals surface area (Å²) >= 11 is 0. The maximum absolute atomic E-state index is 12.5. The number of aliphatic hydroxyl groups excluding tert-OH is 3. The lowest BCUT2D eigenvalue weighted by molar-refractivity contribution is -0.193. The van der Waals surface area contributed by atoms with Crippen molar-refractivity contribution < 1.29 is 39.5 Å². The third-order valence-corrected chi connectivity index (χ3v) is 5.65. The zero-order chi connectivity index (χ0) is 24.8. The van der Waals surface area contributed by atoms with Crippen LogP contribution in [0.5, 0.6) is 0 Å². The van der Waals surface area contributed by atoms with E-state index >= 15 is 0 Å². The van der Waals surface area contributed by atoms with Crippen molar-refractivity contribution >= 4 is 17.8 Å². The molecule has 3 rings (SSSR count). The first-order chi connectivity index (χ1) is 16.2. The molecular formula is C24H28N2O8. The van der Waals surface area contributed by atoms with E-state index < -0.39 is 54.3 Å². The van der Waals surface area contributed by atoms with Crippen LogP contribution in [0, 0.1) is 0 Å². The molecule has 1 aliphatic rings. The van der Waals surface area contributed by atoms with Crippen LogP contribution in [0.2, 0.25) is 0 Å². The number of hydrogen-bond acceptors (Lipinski definition) is 7. The van der Waals surface area contributed by atoms with E-state index in [2.05, 4.69) is 10.6 Å². The van der Waals surface area contributed by atoms with E-state index in [9.17, 15) is 34.8 Å². The molecule has 0 aromatic heterocycles. The van der Waals surface area contributed by atoms with E-state index in [1.54, 1.807) is 24.3 Å². The summed E-state index contributed by atoms with van der Waals surface area (Å²) in [6.07, 6.45) is -7.71. The minimum Gasteiger partial charge on any atom is -0.479 e. The van der Waals surface area contributed by atoms with Crippen molar-refractivity contribution in [2.24, 2.45) is 0 Å². The average Bonchev–Trinajstić information content (AvgIpc) is 2.83. The monoisotopic (exact) mass is 472 g/mol. The highest BCUT2D eigenvalue weighted by Crippen LogP contribution is 2.25. The first kappa shape index (κ1) is 25.3. The van der Waals surface area contributed by atoms with Gasteiger partial charge in [0.2, 0.25) is 5.91 Å². The first-order valence-corrected chi connectivity index (χ1v) is 10.8. The van der Waals surface area contributed by atoms with Gasteiger partial charge in [0, 0.05) is 25.5 Å². The van der Waals surface area contributed by atoms with Crippen molar-refractivity contribution in [3.05, 3.63) is 60.2 Å². The van der Waals surface area contributed by atoms with Gasteiger partial charge in [0.15, 0.2) is 6.10 Å². The molecule has 10 nitrogen and oxygen atoms in total. The number of carbonyl (C=O) groups is 3. The number of carbonyl (C=O) groups excluding carboxylic acids is 2. The van der Waals surface area contributed by atoms with Crippen LogP contribution in [0.15, 0.2) is 54.6 Å². The standard InChI is InChI=1S/C24H28N2O8/c1-13(27)26-20-17(28)11-19(24(32)33)34-22(20)21(30)18(29)12-25-23(31)16-9-7-15(8-10-16)14-5-3-2-4-6-14/h2-10,17-22,28-30H,11-12H2,1H3,(H,25,31)(H,26,27)(H,32,33)/t17-,18+,19?,20+,21?,22+/m0/s1. The van der Waals surface area contributed by atoms with E-state index in [0.717, 1.165) is 11.1 Å². The first-order valence-electron chi connectivity index (χ1n) is 10.8. The number of ether oxygens (including phenoxy) is 1. The van der Waals surface area contributed by atoms with E-state index in [1.807, 2.05) is 30.3 Å². The second kappa shape index (κ2) is 11.2. The Hall–Kier alpha value is -3.31. The van der Waals surface area contributed by atoms with Crippen LogP contribution in [0.4, 0.5) is 0 Å². The molecule has 6 N–H and O–H groups in total. The molecule has 1 heterocycles. The van der Waals surface area contributed by atoms with Gasteiger partial charge in [-0.15, -0.1) is 0 Å². The Morgan fingerprint density at radius 2 is 1.65 bits per heavy atom. The number of nitrogens with one attached hydrogen (secondary N) is 2. The van der Waals surface area contributed by atoms with Gasteiger partial charge in [0.1, 0.15) is 12.2 Å². The molecule has 0 radical (unpaired) electrons. The predicted octanol–water partition coefficient (Wildman–Crippen LogP) is -0.0871. The van der Waals surface area contributed by atoms with Crippen molar-refractivity contribution in [3.63, 3.8) is 0 Å². The van der Waals surface area contributed by atoms with Gasteiger partial charge in [-0.2, -0.15) is 0 Å². The van der Waals surface area contributed by atoms with Crippen LogP contribution < -0.4 is 10.6 Å². The Morgan fingerprint density at radius 1 is 1.03 bits per heavy atom. The number of rotatable bonds is 8. The van der Waals surface area contributed by atoms with Crippen LogP contribution in [0.1, 0.15) is 23.7 Å². The lowest BCUT2D eigenvalue weighted by Crippen LogP contribution is -2.63. The van der Waals surface area contributed by atoms with E-state index in [1.165, 1.54) is 6.92 Å². The highest BCUT2D eigenvalue weighted by atomic mass is 16.5. The van der Waals surface area contributed by atoms with Crippen molar-refractivity contribution in [3.8, 4) is 11.1 Å². The fourth-order valence-electron chi connectivity index (χ4n) is 3.86. The second-order valence-electron chi connectivity index (χ2n) is 8.17. The molecule has 0 bridgehead atoms. The largest absolute Gasteiger partial charge is 0.479 e. The molecule has 1 aliphatic heterocycles. The van der Waals surface area contributed by atoms with Gasteiger partial charge < -0.3 is 35.8 Å². The molecule has 2 amide bonds. The van der Waals surface area contributed by atoms with E-state index in [-0.39, 0.29) is 13.0 Å². The lowest BCUT2D eigenvalue weighted by atomic mass is 9.90. The Labute approximate surface area is 196 Å². The van der Waals surface area contributed by atoms with Gasteiger partial charge in [0.05, 0.1) is 18.2 Å². The van der Waals surface area contributed by atoms with Crippen LogP contribution in [0.3, 0.4) is 0 Å². The van der Waals surface area contributed by atoms with Crippen LogP contribution >= 0.6 is 0 Å².